The van der Waals surface area contributed by atoms with Gasteiger partial charge in [-0.15, -0.1) is 5.10 Å². The Hall–Kier alpha value is -2.88. The van der Waals surface area contributed by atoms with Crippen LogP contribution in [0.1, 0.15) is 31.7 Å². The van der Waals surface area contributed by atoms with Gasteiger partial charge in [-0.2, -0.15) is 10.1 Å². The molecular formula is C16H22N8O2. The molecule has 1 amide bonds. The van der Waals surface area contributed by atoms with Crippen molar-refractivity contribution in [2.75, 3.05) is 6.61 Å². The van der Waals surface area contributed by atoms with Gasteiger partial charge in [-0.25, -0.2) is 19.2 Å². The topological polar surface area (TPSA) is 137 Å². The lowest BCUT2D eigenvalue weighted by molar-refractivity contribution is -0.118. The average molecular weight is 358 g/mol. The number of aliphatic hydroxyl groups is 1. The Balaban J connectivity index is 2.00. The molecule has 3 N–H and O–H groups in total. The van der Waals surface area contributed by atoms with Gasteiger partial charge >= 0.3 is 0 Å². The van der Waals surface area contributed by atoms with Crippen LogP contribution in [-0.2, 0) is 24.2 Å². The first-order valence-electron chi connectivity index (χ1n) is 8.54. The third-order valence-electron chi connectivity index (χ3n) is 4.10. The van der Waals surface area contributed by atoms with E-state index in [1.54, 1.807) is 12.4 Å². The molecule has 26 heavy (non-hydrogen) atoms. The smallest absolute Gasteiger partial charge is 0.252 e. The summed E-state index contributed by atoms with van der Waals surface area (Å²) in [6, 6.07) is 0. The van der Waals surface area contributed by atoms with Crippen LogP contribution in [0.25, 0.3) is 17.4 Å². The molecule has 10 nitrogen and oxygen atoms in total. The number of carbonyl (C=O) groups excluding carboxylic acids is 1. The predicted octanol–water partition coefficient (Wildman–Crippen LogP) is -0.00850. The maximum Gasteiger partial charge on any atom is 0.252 e. The molecule has 3 aromatic rings. The summed E-state index contributed by atoms with van der Waals surface area (Å²) >= 11 is 0. The van der Waals surface area contributed by atoms with Crippen LogP contribution in [0, 0.1) is 5.92 Å². The Kier molecular flexibility index (Phi) is 5.21. The van der Waals surface area contributed by atoms with Crippen LogP contribution in [0.5, 0.6) is 0 Å². The number of carbonyl (C=O) groups is 1. The summed E-state index contributed by atoms with van der Waals surface area (Å²) in [5, 5.41) is 17.8. The molecule has 0 saturated heterocycles. The highest BCUT2D eigenvalue weighted by Crippen LogP contribution is 2.17. The molecule has 0 aromatic carbocycles. The molecule has 3 aromatic heterocycles. The number of aliphatic hydroxyl groups excluding tert-OH is 1. The first kappa shape index (κ1) is 17.9. The van der Waals surface area contributed by atoms with E-state index in [0.717, 1.165) is 12.0 Å². The van der Waals surface area contributed by atoms with Gasteiger partial charge in [0.2, 0.25) is 11.7 Å². The third-order valence-corrected chi connectivity index (χ3v) is 4.10. The van der Waals surface area contributed by atoms with E-state index in [9.17, 15) is 4.79 Å². The van der Waals surface area contributed by atoms with Crippen LogP contribution in [-0.4, -0.2) is 52.0 Å². The minimum atomic E-state index is -0.515. The molecule has 138 valence electrons. The summed E-state index contributed by atoms with van der Waals surface area (Å²) < 4.78 is 2.96. The number of nitrogens with zero attached hydrogens (tertiary/aromatic N) is 7. The van der Waals surface area contributed by atoms with Gasteiger partial charge in [-0.3, -0.25) is 4.79 Å². The minimum absolute atomic E-state index is 0.0284. The Labute approximate surface area is 150 Å². The van der Waals surface area contributed by atoms with Gasteiger partial charge in [0.25, 0.3) is 5.78 Å². The Morgan fingerprint density at radius 3 is 2.85 bits per heavy atom. The van der Waals surface area contributed by atoms with Crippen LogP contribution in [0.15, 0.2) is 12.4 Å². The second kappa shape index (κ2) is 7.56. The molecule has 1 unspecified atom stereocenters. The van der Waals surface area contributed by atoms with Gasteiger partial charge in [0.1, 0.15) is 6.54 Å². The zero-order valence-electron chi connectivity index (χ0n) is 14.8. The van der Waals surface area contributed by atoms with Crippen molar-refractivity contribution in [3.05, 3.63) is 23.8 Å². The molecular weight excluding hydrogens is 336 g/mol. The number of hydrogen-bond acceptors (Lipinski definition) is 7. The molecule has 3 heterocycles. The van der Waals surface area contributed by atoms with E-state index in [4.69, 9.17) is 10.8 Å². The van der Waals surface area contributed by atoms with E-state index in [0.29, 0.717) is 42.0 Å². The van der Waals surface area contributed by atoms with E-state index in [2.05, 4.69) is 39.0 Å². The van der Waals surface area contributed by atoms with E-state index in [1.165, 1.54) is 9.20 Å². The first-order valence-corrected chi connectivity index (χ1v) is 8.54. The lowest BCUT2D eigenvalue weighted by Gasteiger charge is -2.03. The molecule has 0 fully saturated rings. The zero-order valence-corrected chi connectivity index (χ0v) is 14.8. The van der Waals surface area contributed by atoms with Crippen molar-refractivity contribution in [1.82, 2.24) is 34.3 Å². The summed E-state index contributed by atoms with van der Waals surface area (Å²) in [6.45, 7) is 4.15. The fraction of sp³-hybridized carbons (Fsp3) is 0.500. The molecule has 1 atom stereocenters. The predicted molar refractivity (Wildman–Crippen MR) is 92.9 cm³/mol. The van der Waals surface area contributed by atoms with Gasteiger partial charge in [-0.1, -0.05) is 20.3 Å². The molecule has 0 spiro atoms. The highest BCUT2D eigenvalue weighted by atomic mass is 16.3. The molecule has 0 saturated carbocycles. The summed E-state index contributed by atoms with van der Waals surface area (Å²) in [6.07, 6.45) is 5.58. The number of primary amides is 1. The van der Waals surface area contributed by atoms with Crippen molar-refractivity contribution >= 4 is 11.7 Å². The fourth-order valence-corrected chi connectivity index (χ4v) is 2.53. The van der Waals surface area contributed by atoms with E-state index >= 15 is 0 Å². The Morgan fingerprint density at radius 1 is 1.35 bits per heavy atom. The first-order chi connectivity index (χ1) is 12.5. The summed E-state index contributed by atoms with van der Waals surface area (Å²) in [5.41, 5.74) is 6.17. The van der Waals surface area contributed by atoms with Gasteiger partial charge in [0, 0.05) is 25.4 Å². The molecule has 0 aliphatic heterocycles. The van der Waals surface area contributed by atoms with Crippen molar-refractivity contribution in [3.8, 4) is 11.6 Å². The Morgan fingerprint density at radius 2 is 2.15 bits per heavy atom. The average Bonchev–Trinajstić information content (AvgIpc) is 3.17. The van der Waals surface area contributed by atoms with Gasteiger partial charge in [-0.05, 0) is 17.9 Å². The highest BCUT2D eigenvalue weighted by Gasteiger charge is 2.19. The number of nitrogens with two attached hydrogens (primary N) is 1. The monoisotopic (exact) mass is 358 g/mol. The summed E-state index contributed by atoms with van der Waals surface area (Å²) in [4.78, 5) is 24.5. The van der Waals surface area contributed by atoms with E-state index in [-0.39, 0.29) is 13.2 Å². The lowest BCUT2D eigenvalue weighted by Crippen LogP contribution is -2.20. The van der Waals surface area contributed by atoms with E-state index in [1.807, 2.05) is 0 Å². The molecule has 0 aliphatic carbocycles. The number of amides is 1. The summed E-state index contributed by atoms with van der Waals surface area (Å²) in [5.74, 6) is 1.64. The quantitative estimate of drug-likeness (QED) is 0.578. The second-order valence-electron chi connectivity index (χ2n) is 6.31. The number of hydrogen-bond donors (Lipinski definition) is 2. The lowest BCUT2D eigenvalue weighted by atomic mass is 10.1. The number of aromatic nitrogens is 7. The molecule has 0 radical (unpaired) electrons. The van der Waals surface area contributed by atoms with Crippen molar-refractivity contribution in [1.29, 1.82) is 0 Å². The largest absolute Gasteiger partial charge is 0.396 e. The normalized spacial score (nSPS) is 12.6. The SMILES string of the molecule is CCC(C)Cc1nc(-c2nc3ncc(CCO)cn3n2)n(CC(N)=O)n1. The van der Waals surface area contributed by atoms with Crippen molar-refractivity contribution in [3.63, 3.8) is 0 Å². The maximum atomic E-state index is 11.4. The zero-order chi connectivity index (χ0) is 18.7. The fourth-order valence-electron chi connectivity index (χ4n) is 2.53. The van der Waals surface area contributed by atoms with Crippen molar-refractivity contribution in [2.24, 2.45) is 11.7 Å². The second-order valence-corrected chi connectivity index (χ2v) is 6.31. The standard InChI is InChI=1S/C16H22N8O2/c1-3-10(2)6-13-19-15(23(21-13)9-12(17)26)14-20-16-18-7-11(4-5-25)8-24(16)22-14/h7-8,10,25H,3-6,9H2,1-2H3,(H2,17,26). The minimum Gasteiger partial charge on any atom is -0.396 e. The molecule has 0 aliphatic rings. The van der Waals surface area contributed by atoms with Crippen molar-refractivity contribution in [2.45, 2.75) is 39.7 Å². The summed E-state index contributed by atoms with van der Waals surface area (Å²) in [7, 11) is 0. The molecule has 3 rings (SSSR count). The van der Waals surface area contributed by atoms with E-state index < -0.39 is 5.91 Å². The van der Waals surface area contributed by atoms with Gasteiger partial charge in [0.15, 0.2) is 11.6 Å². The number of fused-ring (bicyclic) bond motifs is 1. The van der Waals surface area contributed by atoms with Crippen LogP contribution < -0.4 is 5.73 Å². The van der Waals surface area contributed by atoms with Crippen LogP contribution >= 0.6 is 0 Å². The van der Waals surface area contributed by atoms with Gasteiger partial charge in [0.05, 0.1) is 0 Å². The van der Waals surface area contributed by atoms with Crippen molar-refractivity contribution < 1.29 is 9.90 Å². The van der Waals surface area contributed by atoms with Crippen LogP contribution in [0.3, 0.4) is 0 Å². The highest BCUT2D eigenvalue weighted by molar-refractivity contribution is 5.74. The van der Waals surface area contributed by atoms with Crippen LogP contribution in [0.2, 0.25) is 0 Å². The van der Waals surface area contributed by atoms with Crippen LogP contribution in [0.4, 0.5) is 0 Å². The van der Waals surface area contributed by atoms with Gasteiger partial charge < -0.3 is 10.8 Å². The molecule has 10 heteroatoms. The third kappa shape index (κ3) is 3.85. The Bertz CT molecular complexity index is 916. The number of rotatable bonds is 8. The maximum absolute atomic E-state index is 11.4. The molecule has 0 bridgehead atoms.